The Hall–Kier alpha value is -4.65. The smallest absolute Gasteiger partial charge is 0.475 e. The number of aliphatic carboxylic acids is 1. The zero-order valence-electron chi connectivity index (χ0n) is 20.0. The number of nitrogens with two attached hydrogens (primary N) is 1. The van der Waals surface area contributed by atoms with E-state index in [0.29, 0.717) is 22.4 Å². The molecule has 1 aromatic carbocycles. The molecule has 4 rings (SSSR count). The van der Waals surface area contributed by atoms with Crippen LogP contribution in [-0.4, -0.2) is 71.2 Å². The number of nitrogens with zero attached hydrogens (tertiary/aromatic N) is 3. The van der Waals surface area contributed by atoms with Gasteiger partial charge < -0.3 is 20.5 Å². The molecule has 0 fully saturated rings. The predicted molar refractivity (Wildman–Crippen MR) is 130 cm³/mol. The quantitative estimate of drug-likeness (QED) is 0.522. The topological polar surface area (TPSA) is 152 Å². The van der Waals surface area contributed by atoms with Gasteiger partial charge in [-0.1, -0.05) is 18.2 Å². The Balaban J connectivity index is 0.000000505. The minimum absolute atomic E-state index is 0.0401. The van der Waals surface area contributed by atoms with Crippen molar-refractivity contribution < 1.29 is 42.2 Å². The maximum Gasteiger partial charge on any atom is 0.490 e. The van der Waals surface area contributed by atoms with Crippen LogP contribution >= 0.6 is 0 Å². The number of ketones is 2. The number of halogens is 3. The number of alkyl halides is 3. The zero-order valence-corrected chi connectivity index (χ0v) is 20.0. The van der Waals surface area contributed by atoms with Crippen molar-refractivity contribution in [3.8, 4) is 5.75 Å². The van der Waals surface area contributed by atoms with Gasteiger partial charge in [0.15, 0.2) is 17.1 Å². The zero-order chi connectivity index (χ0) is 28.3. The van der Waals surface area contributed by atoms with Crippen LogP contribution < -0.4 is 10.5 Å². The van der Waals surface area contributed by atoms with Gasteiger partial charge in [-0.2, -0.15) is 13.2 Å². The number of aliphatic imine (C=N–C) groups is 2. The molecule has 2 bridgehead atoms. The Labute approximate surface area is 214 Å². The van der Waals surface area contributed by atoms with Crippen LogP contribution in [-0.2, 0) is 19.2 Å². The van der Waals surface area contributed by atoms with Gasteiger partial charge in [-0.05, 0) is 30.7 Å². The summed E-state index contributed by atoms with van der Waals surface area (Å²) in [5.41, 5.74) is 6.76. The molecule has 2 aliphatic heterocycles. The van der Waals surface area contributed by atoms with E-state index in [9.17, 15) is 27.6 Å². The number of carboxylic acid groups (broad SMARTS) is 1. The summed E-state index contributed by atoms with van der Waals surface area (Å²) < 4.78 is 38.0. The van der Waals surface area contributed by atoms with Crippen LogP contribution in [0.15, 0.2) is 69.6 Å². The molecule has 3 N–H and O–H groups in total. The molecule has 0 saturated carbocycles. The van der Waals surface area contributed by atoms with Crippen LogP contribution in [0.2, 0.25) is 0 Å². The fourth-order valence-electron chi connectivity index (χ4n) is 3.55. The van der Waals surface area contributed by atoms with E-state index in [1.807, 2.05) is 12.1 Å². The number of ether oxygens (including phenoxy) is 1. The third-order valence-corrected chi connectivity index (χ3v) is 5.47. The lowest BCUT2D eigenvalue weighted by atomic mass is 9.80. The van der Waals surface area contributed by atoms with Gasteiger partial charge >= 0.3 is 12.1 Å². The number of allylic oxidation sites excluding steroid dienone is 1. The summed E-state index contributed by atoms with van der Waals surface area (Å²) in [6, 6.07) is 5.43. The first-order chi connectivity index (χ1) is 17.8. The number of hydrogen-bond acceptors (Lipinski definition) is 8. The van der Waals surface area contributed by atoms with Gasteiger partial charge in [0.1, 0.15) is 11.5 Å². The lowest BCUT2D eigenvalue weighted by molar-refractivity contribution is -0.192. The van der Waals surface area contributed by atoms with E-state index in [2.05, 4.69) is 9.98 Å². The molecular formula is C25H21F3N4O6. The van der Waals surface area contributed by atoms with Gasteiger partial charge in [-0.3, -0.25) is 24.4 Å². The van der Waals surface area contributed by atoms with Gasteiger partial charge in [-0.25, -0.2) is 4.79 Å². The molecule has 1 aromatic rings. The highest BCUT2D eigenvalue weighted by Crippen LogP contribution is 2.39. The molecule has 13 heteroatoms. The van der Waals surface area contributed by atoms with Crippen molar-refractivity contribution >= 4 is 41.9 Å². The molecule has 1 unspecified atom stereocenters. The molecule has 1 aliphatic carbocycles. The van der Waals surface area contributed by atoms with Gasteiger partial charge in [0, 0.05) is 36.8 Å². The van der Waals surface area contributed by atoms with Crippen LogP contribution in [0.4, 0.5) is 13.2 Å². The number of Topliss-reactive ketones (excluding diaryl/α,β-unsaturated/α-hetero) is 1. The Morgan fingerprint density at radius 1 is 1.13 bits per heavy atom. The summed E-state index contributed by atoms with van der Waals surface area (Å²) in [6.45, 7) is 1.41. The van der Waals surface area contributed by atoms with Crippen LogP contribution in [0.25, 0.3) is 6.08 Å². The van der Waals surface area contributed by atoms with E-state index in [1.54, 1.807) is 25.3 Å². The summed E-state index contributed by atoms with van der Waals surface area (Å²) in [4.78, 5) is 56.6. The first-order valence-electron chi connectivity index (χ1n) is 10.8. The average Bonchev–Trinajstić information content (AvgIpc) is 2.98. The number of carbonyl (C=O) groups is 4. The van der Waals surface area contributed by atoms with E-state index in [1.165, 1.54) is 36.5 Å². The molecule has 1 atom stereocenters. The molecule has 0 aromatic heterocycles. The summed E-state index contributed by atoms with van der Waals surface area (Å²) >= 11 is 0. The molecule has 2 heterocycles. The molecule has 10 nitrogen and oxygen atoms in total. The summed E-state index contributed by atoms with van der Waals surface area (Å²) in [5, 5.41) is 7.12. The van der Waals surface area contributed by atoms with Crippen molar-refractivity contribution in [1.29, 1.82) is 0 Å². The molecule has 0 saturated heterocycles. The highest BCUT2D eigenvalue weighted by molar-refractivity contribution is 6.27. The molecular weight excluding hydrogens is 509 g/mol. The molecule has 198 valence electrons. The van der Waals surface area contributed by atoms with Crippen molar-refractivity contribution in [2.45, 2.75) is 18.6 Å². The van der Waals surface area contributed by atoms with Crippen molar-refractivity contribution in [3.63, 3.8) is 0 Å². The number of carboxylic acids is 1. The summed E-state index contributed by atoms with van der Waals surface area (Å²) in [5.74, 6) is -3.54. The number of amides is 1. The summed E-state index contributed by atoms with van der Waals surface area (Å²) in [7, 11) is 1.49. The molecule has 38 heavy (non-hydrogen) atoms. The van der Waals surface area contributed by atoms with E-state index in [-0.39, 0.29) is 17.9 Å². The first kappa shape index (κ1) is 27.9. The second kappa shape index (κ2) is 10.8. The maximum atomic E-state index is 13.2. The number of para-hydroxylation sites is 1. The largest absolute Gasteiger partial charge is 0.490 e. The average molecular weight is 530 g/mol. The molecule has 3 aliphatic rings. The van der Waals surface area contributed by atoms with Crippen LogP contribution in [0.3, 0.4) is 0 Å². The number of hydrogen-bond donors (Lipinski definition) is 2. The Morgan fingerprint density at radius 2 is 1.74 bits per heavy atom. The monoisotopic (exact) mass is 530 g/mol. The SMILES string of the molecule is CC1=CC(=O)C2(N)C=Cc3cccc4c3OC2=C1C(=O)CN(C)C(=O)C=N/C=C\N=C4.O=C(O)C(F)(F)F. The highest BCUT2D eigenvalue weighted by atomic mass is 19.4. The van der Waals surface area contributed by atoms with Crippen LogP contribution in [0.5, 0.6) is 5.75 Å². The van der Waals surface area contributed by atoms with E-state index in [0.717, 1.165) is 6.21 Å². The van der Waals surface area contributed by atoms with Crippen LogP contribution in [0, 0.1) is 0 Å². The Bertz CT molecular complexity index is 1390. The van der Waals surface area contributed by atoms with E-state index >= 15 is 0 Å². The third kappa shape index (κ3) is 5.83. The Kier molecular flexibility index (Phi) is 7.91. The minimum Gasteiger partial charge on any atom is -0.475 e. The van der Waals surface area contributed by atoms with Crippen LogP contribution in [0.1, 0.15) is 18.1 Å². The van der Waals surface area contributed by atoms with Crippen molar-refractivity contribution in [2.24, 2.45) is 15.7 Å². The van der Waals surface area contributed by atoms with E-state index in [4.69, 9.17) is 20.4 Å². The maximum absolute atomic E-state index is 13.2. The fourth-order valence-corrected chi connectivity index (χ4v) is 3.55. The third-order valence-electron chi connectivity index (χ3n) is 5.47. The van der Waals surface area contributed by atoms with E-state index < -0.39 is 35.2 Å². The predicted octanol–water partition coefficient (Wildman–Crippen LogP) is 2.21. The van der Waals surface area contributed by atoms with Crippen molar-refractivity contribution in [1.82, 2.24) is 4.90 Å². The number of benzene rings is 1. The van der Waals surface area contributed by atoms with Gasteiger partial charge in [0.25, 0.3) is 5.91 Å². The number of rotatable bonds is 0. The fraction of sp³-hybridized carbons (Fsp3) is 0.200. The summed E-state index contributed by atoms with van der Waals surface area (Å²) in [6.07, 6.45) is 4.95. The second-order valence-corrected chi connectivity index (χ2v) is 8.24. The van der Waals surface area contributed by atoms with Gasteiger partial charge in [0.2, 0.25) is 0 Å². The highest BCUT2D eigenvalue weighted by Gasteiger charge is 2.45. The second-order valence-electron chi connectivity index (χ2n) is 8.24. The first-order valence-corrected chi connectivity index (χ1v) is 10.8. The lowest BCUT2D eigenvalue weighted by Crippen LogP contribution is -2.51. The molecule has 1 amide bonds. The normalized spacial score (nSPS) is 21.9. The lowest BCUT2D eigenvalue weighted by Gasteiger charge is -2.31. The minimum atomic E-state index is -5.08. The Morgan fingerprint density at radius 3 is 2.37 bits per heavy atom. The molecule has 0 radical (unpaired) electrons. The van der Waals surface area contributed by atoms with Gasteiger partial charge in [-0.15, -0.1) is 0 Å². The number of carbonyl (C=O) groups excluding carboxylic acids is 3. The van der Waals surface area contributed by atoms with Gasteiger partial charge in [0.05, 0.1) is 18.3 Å². The molecule has 0 spiro atoms. The van der Waals surface area contributed by atoms with Crippen molar-refractivity contribution in [3.05, 3.63) is 70.8 Å². The number of likely N-dealkylation sites (N-methyl/N-ethyl adjacent to an activating group) is 1. The standard InChI is InChI=1S/C23H20N4O4.C2HF3O2/c1-14-10-18(29)23(24)7-6-15-4-3-5-16-11-25-8-9-26-12-19(30)27(2)13-17(28)20(14)22(23)31-21(15)16;3-2(4,5)1(6)7/h3-12H,13,24H2,1-2H3;(H,6,7)/b9-8-,25-11?,26-12?;. The van der Waals surface area contributed by atoms with Crippen molar-refractivity contribution in [2.75, 3.05) is 13.6 Å².